The number of amides is 1. The minimum atomic E-state index is 0.0332. The molecule has 0 spiro atoms. The second-order valence-corrected chi connectivity index (χ2v) is 4.66. The van der Waals surface area contributed by atoms with E-state index in [4.69, 9.17) is 16.3 Å². The summed E-state index contributed by atoms with van der Waals surface area (Å²) in [5, 5.41) is 3.93. The molecule has 0 saturated carbocycles. The van der Waals surface area contributed by atoms with Crippen LogP contribution in [0.2, 0.25) is 5.02 Å². The molecule has 1 aromatic rings. The average molecular weight is 253 g/mol. The molecule has 5 heteroatoms. The molecule has 2 aliphatic rings. The van der Waals surface area contributed by atoms with E-state index in [0.29, 0.717) is 16.3 Å². The number of rotatable bonds is 1. The highest BCUT2D eigenvalue weighted by atomic mass is 35.5. The lowest BCUT2D eigenvalue weighted by molar-refractivity contribution is 0.0689. The fourth-order valence-electron chi connectivity index (χ4n) is 2.64. The van der Waals surface area contributed by atoms with Gasteiger partial charge in [0.25, 0.3) is 5.91 Å². The summed E-state index contributed by atoms with van der Waals surface area (Å²) in [7, 11) is 1.58. The van der Waals surface area contributed by atoms with E-state index in [2.05, 4.69) is 5.32 Å². The molecule has 1 N–H and O–H groups in total. The number of benzene rings is 1. The Morgan fingerprint density at radius 3 is 3.12 bits per heavy atom. The number of hydrogen-bond acceptors (Lipinski definition) is 3. The van der Waals surface area contributed by atoms with Crippen LogP contribution in [0.15, 0.2) is 12.1 Å². The van der Waals surface area contributed by atoms with Crippen molar-refractivity contribution in [3.8, 4) is 5.75 Å². The summed E-state index contributed by atoms with van der Waals surface area (Å²) in [6.07, 6.45) is 0. The molecule has 0 aliphatic carbocycles. The summed E-state index contributed by atoms with van der Waals surface area (Å²) in [6.45, 7) is 2.31. The fraction of sp³-hybridized carbons (Fsp3) is 0.417. The van der Waals surface area contributed by atoms with E-state index in [0.717, 1.165) is 25.2 Å². The Morgan fingerprint density at radius 2 is 2.35 bits per heavy atom. The van der Waals surface area contributed by atoms with E-state index >= 15 is 0 Å². The molecule has 1 amide bonds. The van der Waals surface area contributed by atoms with Crippen LogP contribution in [0.3, 0.4) is 0 Å². The van der Waals surface area contributed by atoms with Gasteiger partial charge in [-0.15, -0.1) is 0 Å². The highest BCUT2D eigenvalue weighted by molar-refractivity contribution is 6.32. The maximum Gasteiger partial charge on any atom is 0.258 e. The first-order valence-corrected chi connectivity index (χ1v) is 6.00. The predicted octanol–water partition coefficient (Wildman–Crippen LogP) is 1.45. The Bertz CT molecular complexity index is 490. The second kappa shape index (κ2) is 3.89. The summed E-state index contributed by atoms with van der Waals surface area (Å²) in [6, 6.07) is 3.60. The lowest BCUT2D eigenvalue weighted by Crippen LogP contribution is -2.44. The van der Waals surface area contributed by atoms with Gasteiger partial charge in [0.2, 0.25) is 0 Å². The smallest absolute Gasteiger partial charge is 0.258 e. The predicted molar refractivity (Wildman–Crippen MR) is 64.7 cm³/mol. The van der Waals surface area contributed by atoms with Crippen molar-refractivity contribution < 1.29 is 9.53 Å². The molecule has 1 aromatic carbocycles. The number of carbonyl (C=O) groups is 1. The lowest BCUT2D eigenvalue weighted by Gasteiger charge is -2.30. The van der Waals surface area contributed by atoms with Crippen LogP contribution in [0.25, 0.3) is 0 Å². The summed E-state index contributed by atoms with van der Waals surface area (Å²) in [5.41, 5.74) is 1.54. The van der Waals surface area contributed by atoms with Gasteiger partial charge in [-0.3, -0.25) is 4.79 Å². The number of methoxy groups -OCH3 is 1. The SMILES string of the molecule is COc1ccc(Cl)c2c1C(=O)N1CCNC[C@@H]21. The van der Waals surface area contributed by atoms with Crippen molar-refractivity contribution in [3.63, 3.8) is 0 Å². The van der Waals surface area contributed by atoms with Gasteiger partial charge in [0, 0.05) is 30.2 Å². The molecular formula is C12H13ClN2O2. The van der Waals surface area contributed by atoms with Crippen LogP contribution >= 0.6 is 11.6 Å². The first-order chi connectivity index (χ1) is 8.24. The summed E-state index contributed by atoms with van der Waals surface area (Å²) >= 11 is 6.22. The first-order valence-electron chi connectivity index (χ1n) is 5.62. The van der Waals surface area contributed by atoms with E-state index < -0.39 is 0 Å². The molecule has 1 atom stereocenters. The van der Waals surface area contributed by atoms with Gasteiger partial charge in [0.15, 0.2) is 0 Å². The number of nitrogens with zero attached hydrogens (tertiary/aromatic N) is 1. The van der Waals surface area contributed by atoms with Crippen LogP contribution in [0.4, 0.5) is 0 Å². The molecule has 1 fully saturated rings. The Kier molecular flexibility index (Phi) is 2.49. The van der Waals surface area contributed by atoms with E-state index in [1.165, 1.54) is 0 Å². The normalized spacial score (nSPS) is 22.4. The summed E-state index contributed by atoms with van der Waals surface area (Å²) < 4.78 is 5.26. The molecule has 0 unspecified atom stereocenters. The first kappa shape index (κ1) is 10.9. The minimum absolute atomic E-state index is 0.0332. The van der Waals surface area contributed by atoms with Gasteiger partial charge >= 0.3 is 0 Å². The Balaban J connectivity index is 2.19. The number of fused-ring (bicyclic) bond motifs is 3. The van der Waals surface area contributed by atoms with Crippen LogP contribution in [0.1, 0.15) is 22.0 Å². The van der Waals surface area contributed by atoms with Crippen LogP contribution in [-0.4, -0.2) is 37.6 Å². The van der Waals surface area contributed by atoms with Gasteiger partial charge in [-0.2, -0.15) is 0 Å². The van der Waals surface area contributed by atoms with Crippen molar-refractivity contribution in [1.82, 2.24) is 10.2 Å². The van der Waals surface area contributed by atoms with Gasteiger partial charge in [-0.05, 0) is 12.1 Å². The van der Waals surface area contributed by atoms with Gasteiger partial charge in [0.05, 0.1) is 18.7 Å². The van der Waals surface area contributed by atoms with Crippen molar-refractivity contribution in [2.24, 2.45) is 0 Å². The van der Waals surface area contributed by atoms with E-state index in [9.17, 15) is 4.79 Å². The zero-order chi connectivity index (χ0) is 12.0. The van der Waals surface area contributed by atoms with Crippen molar-refractivity contribution in [2.45, 2.75) is 6.04 Å². The standard InChI is InChI=1S/C12H13ClN2O2/c1-17-9-3-2-7(13)10-8-6-14-4-5-15(8)12(16)11(9)10/h2-3,8,14H,4-6H2,1H3/t8-/m0/s1. The number of hydrogen-bond donors (Lipinski definition) is 1. The maximum atomic E-state index is 12.3. The number of piperazine rings is 1. The Labute approximate surface area is 104 Å². The number of halogens is 1. The van der Waals surface area contributed by atoms with Gasteiger partial charge in [0.1, 0.15) is 5.75 Å². The highest BCUT2D eigenvalue weighted by Crippen LogP contribution is 2.42. The van der Waals surface area contributed by atoms with Crippen molar-refractivity contribution in [1.29, 1.82) is 0 Å². The molecular weight excluding hydrogens is 240 g/mol. The van der Waals surface area contributed by atoms with Crippen LogP contribution in [0.5, 0.6) is 5.75 Å². The average Bonchev–Trinajstić information content (AvgIpc) is 2.66. The molecule has 1 saturated heterocycles. The molecule has 0 aromatic heterocycles. The largest absolute Gasteiger partial charge is 0.496 e. The molecule has 90 valence electrons. The third kappa shape index (κ3) is 1.44. The number of ether oxygens (including phenoxy) is 1. The third-order valence-electron chi connectivity index (χ3n) is 3.43. The van der Waals surface area contributed by atoms with E-state index in [1.54, 1.807) is 19.2 Å². The highest BCUT2D eigenvalue weighted by Gasteiger charge is 2.41. The summed E-state index contributed by atoms with van der Waals surface area (Å²) in [4.78, 5) is 14.2. The zero-order valence-corrected chi connectivity index (χ0v) is 10.3. The topological polar surface area (TPSA) is 41.6 Å². The summed E-state index contributed by atoms with van der Waals surface area (Å²) in [5.74, 6) is 0.648. The Morgan fingerprint density at radius 1 is 1.53 bits per heavy atom. The third-order valence-corrected chi connectivity index (χ3v) is 3.75. The monoisotopic (exact) mass is 252 g/mol. The number of carbonyl (C=O) groups excluding carboxylic acids is 1. The molecule has 4 nitrogen and oxygen atoms in total. The second-order valence-electron chi connectivity index (χ2n) is 4.26. The van der Waals surface area contributed by atoms with Crippen LogP contribution in [0, 0.1) is 0 Å². The number of nitrogens with one attached hydrogen (secondary N) is 1. The van der Waals surface area contributed by atoms with Gasteiger partial charge in [-0.25, -0.2) is 0 Å². The maximum absolute atomic E-state index is 12.3. The molecule has 17 heavy (non-hydrogen) atoms. The van der Waals surface area contributed by atoms with Crippen LogP contribution in [-0.2, 0) is 0 Å². The van der Waals surface area contributed by atoms with E-state index in [-0.39, 0.29) is 11.9 Å². The molecule has 3 rings (SSSR count). The minimum Gasteiger partial charge on any atom is -0.496 e. The zero-order valence-electron chi connectivity index (χ0n) is 9.50. The van der Waals surface area contributed by atoms with Gasteiger partial charge in [-0.1, -0.05) is 11.6 Å². The van der Waals surface area contributed by atoms with Crippen molar-refractivity contribution in [3.05, 3.63) is 28.3 Å². The fourth-order valence-corrected chi connectivity index (χ4v) is 2.92. The van der Waals surface area contributed by atoms with Crippen molar-refractivity contribution in [2.75, 3.05) is 26.7 Å². The van der Waals surface area contributed by atoms with Gasteiger partial charge < -0.3 is 15.0 Å². The molecule has 2 aliphatic heterocycles. The molecule has 0 radical (unpaired) electrons. The molecule has 2 heterocycles. The molecule has 0 bridgehead atoms. The quantitative estimate of drug-likeness (QED) is 0.823. The van der Waals surface area contributed by atoms with Crippen LogP contribution < -0.4 is 10.1 Å². The van der Waals surface area contributed by atoms with E-state index in [1.807, 2.05) is 4.90 Å². The lowest BCUT2D eigenvalue weighted by atomic mass is 10.0. The van der Waals surface area contributed by atoms with Crippen molar-refractivity contribution >= 4 is 17.5 Å². The Hall–Kier alpha value is -1.26.